The van der Waals surface area contributed by atoms with E-state index in [1.165, 1.54) is 41.2 Å². The molecule has 1 amide bonds. The quantitative estimate of drug-likeness (QED) is 0.851. The fourth-order valence-electron chi connectivity index (χ4n) is 2.54. The number of nitrogens with one attached hydrogen (secondary N) is 1. The van der Waals surface area contributed by atoms with E-state index in [9.17, 15) is 9.59 Å². The van der Waals surface area contributed by atoms with Crippen LogP contribution in [-0.4, -0.2) is 22.0 Å². The van der Waals surface area contributed by atoms with Crippen molar-refractivity contribution in [2.75, 3.05) is 5.32 Å². The number of carboxylic acid groups (broad SMARTS) is 1. The topological polar surface area (TPSA) is 79.3 Å². The zero-order valence-electron chi connectivity index (χ0n) is 12.0. The van der Waals surface area contributed by atoms with Crippen LogP contribution in [-0.2, 0) is 12.8 Å². The number of hydrogen-bond acceptors (Lipinski definition) is 4. The van der Waals surface area contributed by atoms with Crippen molar-refractivity contribution in [1.29, 1.82) is 0 Å². The lowest BCUT2D eigenvalue weighted by Crippen LogP contribution is -2.12. The number of anilines is 1. The highest BCUT2D eigenvalue weighted by molar-refractivity contribution is 7.15. The molecule has 1 aliphatic carbocycles. The number of rotatable bonds is 3. The molecule has 2 aromatic rings. The van der Waals surface area contributed by atoms with Crippen LogP contribution in [0.25, 0.3) is 0 Å². The van der Waals surface area contributed by atoms with Crippen LogP contribution in [0, 0.1) is 0 Å². The zero-order chi connectivity index (χ0) is 15.5. The number of hydrogen-bond donors (Lipinski definition) is 2. The summed E-state index contributed by atoms with van der Waals surface area (Å²) in [5.74, 6) is -1.37. The van der Waals surface area contributed by atoms with Gasteiger partial charge in [0.05, 0.1) is 11.3 Å². The predicted octanol–water partition coefficient (Wildman–Crippen LogP) is 3.36. The number of aryl methyl sites for hydroxylation is 2. The highest BCUT2D eigenvalue weighted by Gasteiger charge is 2.16. The highest BCUT2D eigenvalue weighted by atomic mass is 32.1. The Morgan fingerprint density at radius 1 is 1.14 bits per heavy atom. The summed E-state index contributed by atoms with van der Waals surface area (Å²) in [7, 11) is 0. The zero-order valence-corrected chi connectivity index (χ0v) is 12.8. The Balaban J connectivity index is 1.77. The lowest BCUT2D eigenvalue weighted by atomic mass is 10.1. The first-order valence-electron chi connectivity index (χ1n) is 7.27. The molecule has 0 aliphatic heterocycles. The van der Waals surface area contributed by atoms with Crippen LogP contribution in [0.3, 0.4) is 0 Å². The van der Waals surface area contributed by atoms with Gasteiger partial charge in [-0.3, -0.25) is 10.1 Å². The van der Waals surface area contributed by atoms with Crippen molar-refractivity contribution in [2.45, 2.75) is 32.1 Å². The molecule has 1 aliphatic rings. The summed E-state index contributed by atoms with van der Waals surface area (Å²) >= 11 is 1.52. The molecule has 5 nitrogen and oxygen atoms in total. The Morgan fingerprint density at radius 3 is 2.73 bits per heavy atom. The summed E-state index contributed by atoms with van der Waals surface area (Å²) in [6.07, 6.45) is 5.54. The van der Waals surface area contributed by atoms with Crippen LogP contribution in [0.15, 0.2) is 24.3 Å². The van der Waals surface area contributed by atoms with Crippen molar-refractivity contribution in [3.63, 3.8) is 0 Å². The average molecular weight is 316 g/mol. The summed E-state index contributed by atoms with van der Waals surface area (Å²) in [5, 5.41) is 12.3. The van der Waals surface area contributed by atoms with Crippen molar-refractivity contribution in [1.82, 2.24) is 4.98 Å². The second-order valence-electron chi connectivity index (χ2n) is 5.29. The van der Waals surface area contributed by atoms with Crippen LogP contribution in [0.1, 0.15) is 50.5 Å². The summed E-state index contributed by atoms with van der Waals surface area (Å²) < 4.78 is 0. The largest absolute Gasteiger partial charge is 0.478 e. The SMILES string of the molecule is O=C(O)c1cccc(C(=O)Nc2nc3c(s2)CCCCC3)c1. The number of amides is 1. The highest BCUT2D eigenvalue weighted by Crippen LogP contribution is 2.29. The predicted molar refractivity (Wildman–Crippen MR) is 84.7 cm³/mol. The van der Waals surface area contributed by atoms with E-state index in [1.54, 1.807) is 12.1 Å². The summed E-state index contributed by atoms with van der Waals surface area (Å²) in [4.78, 5) is 29.0. The third-order valence-corrected chi connectivity index (χ3v) is 4.76. The molecule has 3 rings (SSSR count). The lowest BCUT2D eigenvalue weighted by Gasteiger charge is -2.03. The van der Waals surface area contributed by atoms with E-state index in [4.69, 9.17) is 5.11 Å². The smallest absolute Gasteiger partial charge is 0.335 e. The Hall–Kier alpha value is -2.21. The third kappa shape index (κ3) is 3.17. The number of aromatic carboxylic acids is 1. The summed E-state index contributed by atoms with van der Waals surface area (Å²) in [5.41, 5.74) is 1.52. The van der Waals surface area contributed by atoms with Crippen molar-refractivity contribution in [3.8, 4) is 0 Å². The molecule has 2 N–H and O–H groups in total. The van der Waals surface area contributed by atoms with Gasteiger partial charge in [0, 0.05) is 10.4 Å². The number of nitrogens with zero attached hydrogens (tertiary/aromatic N) is 1. The summed E-state index contributed by atoms with van der Waals surface area (Å²) in [6.45, 7) is 0. The Morgan fingerprint density at radius 2 is 1.91 bits per heavy atom. The second kappa shape index (κ2) is 6.27. The van der Waals surface area contributed by atoms with Crippen LogP contribution in [0.2, 0.25) is 0 Å². The minimum Gasteiger partial charge on any atom is -0.478 e. The molecular formula is C16H16N2O3S. The maximum atomic E-state index is 12.2. The molecule has 1 aromatic carbocycles. The standard InChI is InChI=1S/C16H16N2O3S/c19-14(10-5-4-6-11(9-10)15(20)21)18-16-17-12-7-2-1-3-8-13(12)22-16/h4-6,9H,1-3,7-8H2,(H,20,21)(H,17,18,19). The fraction of sp³-hybridized carbons (Fsp3) is 0.312. The Kier molecular flexibility index (Phi) is 4.20. The molecule has 0 radical (unpaired) electrons. The van der Waals surface area contributed by atoms with Gasteiger partial charge in [0.25, 0.3) is 5.91 Å². The lowest BCUT2D eigenvalue weighted by molar-refractivity contribution is 0.0697. The molecule has 114 valence electrons. The van der Waals surface area contributed by atoms with Gasteiger partial charge in [0.15, 0.2) is 5.13 Å². The van der Waals surface area contributed by atoms with E-state index in [2.05, 4.69) is 10.3 Å². The van der Waals surface area contributed by atoms with Crippen molar-refractivity contribution in [2.24, 2.45) is 0 Å². The maximum Gasteiger partial charge on any atom is 0.335 e. The van der Waals surface area contributed by atoms with E-state index < -0.39 is 5.97 Å². The van der Waals surface area contributed by atoms with Crippen LogP contribution < -0.4 is 5.32 Å². The van der Waals surface area contributed by atoms with Gasteiger partial charge in [0.1, 0.15) is 0 Å². The minimum absolute atomic E-state index is 0.0996. The minimum atomic E-state index is -1.05. The number of thiazole rings is 1. The molecule has 1 heterocycles. The van der Waals surface area contributed by atoms with Gasteiger partial charge in [-0.1, -0.05) is 12.5 Å². The number of benzene rings is 1. The van der Waals surface area contributed by atoms with E-state index in [0.29, 0.717) is 10.7 Å². The number of carbonyl (C=O) groups is 2. The Labute approximate surface area is 132 Å². The summed E-state index contributed by atoms with van der Waals surface area (Å²) in [6, 6.07) is 6.00. The average Bonchev–Trinajstić information content (AvgIpc) is 2.76. The van der Waals surface area contributed by atoms with Crippen LogP contribution >= 0.6 is 11.3 Å². The molecule has 0 saturated carbocycles. The molecule has 0 spiro atoms. The van der Waals surface area contributed by atoms with Gasteiger partial charge in [0.2, 0.25) is 0 Å². The number of carbonyl (C=O) groups excluding carboxylic acids is 1. The van der Waals surface area contributed by atoms with Crippen molar-refractivity contribution >= 4 is 28.3 Å². The second-order valence-corrected chi connectivity index (χ2v) is 6.37. The maximum absolute atomic E-state index is 12.2. The number of aromatic nitrogens is 1. The molecule has 0 fully saturated rings. The molecule has 22 heavy (non-hydrogen) atoms. The monoisotopic (exact) mass is 316 g/mol. The van der Waals surface area contributed by atoms with Crippen molar-refractivity contribution < 1.29 is 14.7 Å². The van der Waals surface area contributed by atoms with Gasteiger partial charge in [-0.05, 0) is 43.9 Å². The van der Waals surface area contributed by atoms with E-state index in [1.807, 2.05) is 0 Å². The number of fused-ring (bicyclic) bond motifs is 1. The van der Waals surface area contributed by atoms with Gasteiger partial charge in [-0.15, -0.1) is 11.3 Å². The Bertz CT molecular complexity index is 700. The van der Waals surface area contributed by atoms with Crippen molar-refractivity contribution in [3.05, 3.63) is 46.0 Å². The molecule has 0 unspecified atom stereocenters. The van der Waals surface area contributed by atoms with E-state index in [0.717, 1.165) is 25.0 Å². The number of carboxylic acids is 1. The normalized spacial score (nSPS) is 14.0. The molecular weight excluding hydrogens is 300 g/mol. The third-order valence-electron chi connectivity index (χ3n) is 3.69. The molecule has 6 heteroatoms. The van der Waals surface area contributed by atoms with E-state index in [-0.39, 0.29) is 11.5 Å². The van der Waals surface area contributed by atoms with Gasteiger partial charge >= 0.3 is 5.97 Å². The van der Waals surface area contributed by atoms with Crippen LogP contribution in [0.5, 0.6) is 0 Å². The molecule has 0 atom stereocenters. The van der Waals surface area contributed by atoms with E-state index >= 15 is 0 Å². The fourth-order valence-corrected chi connectivity index (χ4v) is 3.59. The first-order valence-corrected chi connectivity index (χ1v) is 8.08. The molecule has 0 bridgehead atoms. The molecule has 1 aromatic heterocycles. The van der Waals surface area contributed by atoms with Gasteiger partial charge in [-0.25, -0.2) is 9.78 Å². The van der Waals surface area contributed by atoms with Gasteiger partial charge < -0.3 is 5.11 Å². The first kappa shape index (κ1) is 14.7. The first-order chi connectivity index (χ1) is 10.6. The molecule has 0 saturated heterocycles. The van der Waals surface area contributed by atoms with Crippen LogP contribution in [0.4, 0.5) is 5.13 Å². The van der Waals surface area contributed by atoms with Gasteiger partial charge in [-0.2, -0.15) is 0 Å².